The maximum atomic E-state index is 13.8. The Kier molecular flexibility index (Phi) is 7.00. The number of aliphatic imine (C=N–C) groups is 1. The number of hydrogen-bond acceptors (Lipinski definition) is 5. The molecule has 0 aliphatic heterocycles. The van der Waals surface area contributed by atoms with Gasteiger partial charge in [0.2, 0.25) is 5.96 Å². The molecule has 1 heterocycles. The number of halogens is 1. The topological polar surface area (TPSA) is 107 Å². The summed E-state index contributed by atoms with van der Waals surface area (Å²) in [5.74, 6) is 0.204. The Hall–Kier alpha value is -2.99. The van der Waals surface area contributed by atoms with Crippen LogP contribution in [0, 0.1) is 17.4 Å². The van der Waals surface area contributed by atoms with Crippen LogP contribution in [0.3, 0.4) is 0 Å². The first kappa shape index (κ1) is 21.7. The average Bonchev–Trinajstić information content (AvgIpc) is 2.75. The summed E-state index contributed by atoms with van der Waals surface area (Å²) < 4.78 is 39.7. The summed E-state index contributed by atoms with van der Waals surface area (Å²) >= 11 is 0. The van der Waals surface area contributed by atoms with Gasteiger partial charge >= 0.3 is 0 Å². The maximum Gasteiger partial charge on any atom is 0.209 e. The third-order valence-corrected chi connectivity index (χ3v) is 7.63. The molecule has 158 valence electrons. The molecule has 30 heavy (non-hydrogen) atoms. The normalized spacial score (nSPS) is 22.2. The van der Waals surface area contributed by atoms with Gasteiger partial charge in [0.1, 0.15) is 6.17 Å². The van der Waals surface area contributed by atoms with E-state index in [1.807, 2.05) is 13.1 Å². The van der Waals surface area contributed by atoms with E-state index < -0.39 is 21.3 Å². The summed E-state index contributed by atoms with van der Waals surface area (Å²) in [6.07, 6.45) is 5.06. The minimum absolute atomic E-state index is 0.0550. The van der Waals surface area contributed by atoms with Crippen LogP contribution in [-0.2, 0) is 16.4 Å². The van der Waals surface area contributed by atoms with Gasteiger partial charge in [-0.1, -0.05) is 19.1 Å². The van der Waals surface area contributed by atoms with Gasteiger partial charge in [-0.3, -0.25) is 10.3 Å². The first-order valence-corrected chi connectivity index (χ1v) is 11.3. The second kappa shape index (κ2) is 9.67. The minimum Gasteiger partial charge on any atom is -0.325 e. The van der Waals surface area contributed by atoms with E-state index in [2.05, 4.69) is 20.6 Å². The molecule has 1 aliphatic carbocycles. The van der Waals surface area contributed by atoms with Crippen molar-refractivity contribution in [1.29, 1.82) is 5.26 Å². The molecule has 1 fully saturated rings. The summed E-state index contributed by atoms with van der Waals surface area (Å²) in [7, 11) is -3.59. The Morgan fingerprint density at radius 2 is 1.93 bits per heavy atom. The lowest BCUT2D eigenvalue weighted by Crippen LogP contribution is -2.35. The number of alkyl halides is 1. The number of benzene rings is 1. The van der Waals surface area contributed by atoms with Crippen LogP contribution in [0.5, 0.6) is 0 Å². The molecule has 1 aromatic carbocycles. The van der Waals surface area contributed by atoms with E-state index in [0.29, 0.717) is 12.8 Å². The number of guanidine groups is 1. The summed E-state index contributed by atoms with van der Waals surface area (Å²) in [4.78, 5) is 8.46. The van der Waals surface area contributed by atoms with E-state index >= 15 is 0 Å². The van der Waals surface area contributed by atoms with Gasteiger partial charge in [0, 0.05) is 18.1 Å². The van der Waals surface area contributed by atoms with Gasteiger partial charge < -0.3 is 5.32 Å². The number of nitrogens with zero attached hydrogens (tertiary/aromatic N) is 3. The van der Waals surface area contributed by atoms with Gasteiger partial charge in [-0.15, -0.1) is 0 Å². The van der Waals surface area contributed by atoms with Crippen LogP contribution in [0.4, 0.5) is 10.1 Å². The molecule has 1 aromatic heterocycles. The zero-order valence-electron chi connectivity index (χ0n) is 16.6. The molecule has 1 saturated carbocycles. The lowest BCUT2D eigenvalue weighted by Gasteiger charge is -2.30. The van der Waals surface area contributed by atoms with Gasteiger partial charge in [0.05, 0.1) is 16.7 Å². The highest BCUT2D eigenvalue weighted by atomic mass is 32.2. The van der Waals surface area contributed by atoms with Crippen LogP contribution in [0.15, 0.2) is 58.7 Å². The predicted molar refractivity (Wildman–Crippen MR) is 113 cm³/mol. The lowest BCUT2D eigenvalue weighted by atomic mass is 9.89. The van der Waals surface area contributed by atoms with Crippen molar-refractivity contribution in [2.24, 2.45) is 10.9 Å². The third kappa shape index (κ3) is 5.33. The van der Waals surface area contributed by atoms with Crippen LogP contribution >= 0.6 is 0 Å². The second-order valence-electron chi connectivity index (χ2n) is 7.38. The van der Waals surface area contributed by atoms with E-state index in [9.17, 15) is 12.8 Å². The van der Waals surface area contributed by atoms with Crippen LogP contribution < -0.4 is 10.6 Å². The molecule has 3 unspecified atom stereocenters. The van der Waals surface area contributed by atoms with Gasteiger partial charge in [-0.25, -0.2) is 17.8 Å². The second-order valence-corrected chi connectivity index (χ2v) is 9.54. The molecule has 2 N–H and O–H groups in total. The summed E-state index contributed by atoms with van der Waals surface area (Å²) in [6, 6.07) is 9.94. The quantitative estimate of drug-likeness (QED) is 0.326. The number of nitrogens with one attached hydrogen (secondary N) is 2. The Bertz CT molecular complexity index is 1020. The predicted octanol–water partition coefficient (Wildman–Crippen LogP) is 3.42. The molecule has 3 atom stereocenters. The smallest absolute Gasteiger partial charge is 0.209 e. The van der Waals surface area contributed by atoms with Crippen molar-refractivity contribution < 1.29 is 12.8 Å². The monoisotopic (exact) mass is 429 g/mol. The third-order valence-electron chi connectivity index (χ3n) is 5.25. The fraction of sp³-hybridized carbons (Fsp3) is 0.381. The van der Waals surface area contributed by atoms with Gasteiger partial charge in [0.25, 0.3) is 0 Å². The summed E-state index contributed by atoms with van der Waals surface area (Å²) in [5, 5.41) is 13.7. The van der Waals surface area contributed by atoms with Gasteiger partial charge in [-0.05, 0) is 55.0 Å². The van der Waals surface area contributed by atoms with Crippen molar-refractivity contribution in [3.63, 3.8) is 0 Å². The number of anilines is 1. The van der Waals surface area contributed by atoms with E-state index in [1.165, 1.54) is 0 Å². The highest BCUT2D eigenvalue weighted by molar-refractivity contribution is 7.92. The van der Waals surface area contributed by atoms with Crippen molar-refractivity contribution in [1.82, 2.24) is 10.3 Å². The summed E-state index contributed by atoms with van der Waals surface area (Å²) in [6.45, 7) is 2.12. The van der Waals surface area contributed by atoms with Crippen LogP contribution in [-0.4, -0.2) is 30.8 Å². The number of pyridine rings is 1. The number of aromatic nitrogens is 1. The molecule has 7 nitrogen and oxygen atoms in total. The molecule has 0 saturated heterocycles. The van der Waals surface area contributed by atoms with Gasteiger partial charge in [-0.2, -0.15) is 5.26 Å². The molecule has 0 bridgehead atoms. The zero-order chi connectivity index (χ0) is 21.6. The Morgan fingerprint density at radius 3 is 2.60 bits per heavy atom. The molecule has 2 aromatic rings. The largest absolute Gasteiger partial charge is 0.325 e. The van der Waals surface area contributed by atoms with E-state index in [0.717, 1.165) is 11.3 Å². The number of sulfone groups is 1. The SMILES string of the molecule is CC1CCC(F)CC1S(=O)(=O)c1ccc(CN=C(NC#N)Nc2ccncc2)cc1. The molecule has 3 rings (SSSR count). The van der Waals surface area contributed by atoms with E-state index in [-0.39, 0.29) is 29.7 Å². The Labute approximate surface area is 176 Å². The molecule has 0 spiro atoms. The van der Waals surface area contributed by atoms with Crippen molar-refractivity contribution in [2.75, 3.05) is 5.32 Å². The minimum atomic E-state index is -3.59. The van der Waals surface area contributed by atoms with Crippen LogP contribution in [0.1, 0.15) is 31.7 Å². The first-order valence-electron chi connectivity index (χ1n) is 9.73. The van der Waals surface area contributed by atoms with Crippen LogP contribution in [0.2, 0.25) is 0 Å². The number of hydrogen-bond donors (Lipinski definition) is 2. The lowest BCUT2D eigenvalue weighted by molar-refractivity contribution is 0.217. The van der Waals surface area contributed by atoms with Crippen molar-refractivity contribution in [3.05, 3.63) is 54.4 Å². The highest BCUT2D eigenvalue weighted by Gasteiger charge is 2.37. The molecular weight excluding hydrogens is 405 g/mol. The standard InChI is InChI=1S/C21H24FN5O2S/c1-15-2-5-17(22)12-20(15)30(28,29)19-6-3-16(4-7-19)13-25-21(26-14-23)27-18-8-10-24-11-9-18/h3-4,6-11,15,17,20H,2,5,12-13H2,1H3,(H2,24,25,26,27). The van der Waals surface area contributed by atoms with Crippen molar-refractivity contribution >= 4 is 21.5 Å². The Balaban J connectivity index is 1.71. The maximum absolute atomic E-state index is 13.8. The molecule has 1 aliphatic rings. The molecular formula is C21H24FN5O2S. The van der Waals surface area contributed by atoms with Crippen molar-refractivity contribution in [3.8, 4) is 6.19 Å². The fourth-order valence-electron chi connectivity index (χ4n) is 3.53. The summed E-state index contributed by atoms with van der Waals surface area (Å²) in [5.41, 5.74) is 1.50. The van der Waals surface area contributed by atoms with Gasteiger partial charge in [0.15, 0.2) is 16.0 Å². The molecule has 9 heteroatoms. The zero-order valence-corrected chi connectivity index (χ0v) is 17.4. The number of nitriles is 1. The Morgan fingerprint density at radius 1 is 1.23 bits per heavy atom. The fourth-order valence-corrected chi connectivity index (χ4v) is 5.60. The highest BCUT2D eigenvalue weighted by Crippen LogP contribution is 2.34. The van der Waals surface area contributed by atoms with Crippen molar-refractivity contribution in [2.45, 2.75) is 49.0 Å². The van der Waals surface area contributed by atoms with E-state index in [1.54, 1.807) is 48.8 Å². The first-order chi connectivity index (χ1) is 14.4. The molecule has 0 amide bonds. The number of rotatable bonds is 5. The average molecular weight is 430 g/mol. The van der Waals surface area contributed by atoms with E-state index in [4.69, 9.17) is 5.26 Å². The van der Waals surface area contributed by atoms with Crippen LogP contribution in [0.25, 0.3) is 0 Å². The molecule has 0 radical (unpaired) electrons.